The molecule has 0 amide bonds. The van der Waals surface area contributed by atoms with Crippen LogP contribution in [0.1, 0.15) is 20.3 Å². The molecule has 3 heteroatoms. The average molecular weight is 169 g/mol. The van der Waals surface area contributed by atoms with E-state index >= 15 is 0 Å². The molecule has 0 radical (unpaired) electrons. The fourth-order valence-electron chi connectivity index (χ4n) is 1.28. The van der Waals surface area contributed by atoms with E-state index in [1.54, 1.807) is 0 Å². The quantitative estimate of drug-likeness (QED) is 0.493. The van der Waals surface area contributed by atoms with Gasteiger partial charge < -0.3 is 10.2 Å². The van der Waals surface area contributed by atoms with Crippen LogP contribution in [0, 0.1) is 17.4 Å². The third kappa shape index (κ3) is 5.99. The maximum atomic E-state index is 8.48. The van der Waals surface area contributed by atoms with Gasteiger partial charge in [0, 0.05) is 12.6 Å². The number of nitrogens with zero attached hydrogens (tertiary/aromatic N) is 2. The molecule has 0 fully saturated rings. The van der Waals surface area contributed by atoms with E-state index in [0.29, 0.717) is 12.0 Å². The van der Waals surface area contributed by atoms with Gasteiger partial charge in [-0.1, -0.05) is 13.8 Å². The highest BCUT2D eigenvalue weighted by atomic mass is 15.1. The standard InChI is InChI=1S/C9H19N3/c1-8(2)5-9(11-7-10)6-12(3)4/h8-9,11H,5-6H2,1-4H3. The van der Waals surface area contributed by atoms with E-state index in [1.807, 2.05) is 20.3 Å². The summed E-state index contributed by atoms with van der Waals surface area (Å²) in [4.78, 5) is 2.09. The number of hydrogen-bond acceptors (Lipinski definition) is 3. The van der Waals surface area contributed by atoms with Crippen LogP contribution in [0.25, 0.3) is 0 Å². The molecule has 0 heterocycles. The van der Waals surface area contributed by atoms with Gasteiger partial charge in [0.1, 0.15) is 0 Å². The molecule has 0 bridgehead atoms. The predicted octanol–water partition coefficient (Wildman–Crippen LogP) is 1.03. The van der Waals surface area contributed by atoms with E-state index in [9.17, 15) is 0 Å². The molecule has 0 aromatic heterocycles. The van der Waals surface area contributed by atoms with Crippen LogP contribution in [0.2, 0.25) is 0 Å². The number of hydrogen-bond donors (Lipinski definition) is 1. The highest BCUT2D eigenvalue weighted by Crippen LogP contribution is 2.04. The van der Waals surface area contributed by atoms with Crippen LogP contribution in [0.4, 0.5) is 0 Å². The third-order valence-corrected chi connectivity index (χ3v) is 1.61. The highest BCUT2D eigenvalue weighted by molar-refractivity contribution is 4.78. The Labute approximate surface area is 75.4 Å². The number of nitrogens with one attached hydrogen (secondary N) is 1. The SMILES string of the molecule is CC(C)CC(CN(C)C)NC#N. The Morgan fingerprint density at radius 3 is 2.33 bits per heavy atom. The zero-order valence-corrected chi connectivity index (χ0v) is 8.46. The Hall–Kier alpha value is -0.750. The molecule has 0 rings (SSSR count). The van der Waals surface area contributed by atoms with Crippen molar-refractivity contribution in [3.8, 4) is 6.19 Å². The summed E-state index contributed by atoms with van der Waals surface area (Å²) in [6, 6.07) is 0.296. The van der Waals surface area contributed by atoms with Gasteiger partial charge in [-0.3, -0.25) is 0 Å². The minimum absolute atomic E-state index is 0.296. The van der Waals surface area contributed by atoms with Gasteiger partial charge in [0.05, 0.1) is 0 Å². The van der Waals surface area contributed by atoms with Crippen LogP contribution < -0.4 is 5.32 Å². The van der Waals surface area contributed by atoms with Crippen molar-refractivity contribution < 1.29 is 0 Å². The van der Waals surface area contributed by atoms with Crippen molar-refractivity contribution in [2.24, 2.45) is 5.92 Å². The summed E-state index contributed by atoms with van der Waals surface area (Å²) in [5.74, 6) is 0.635. The molecule has 0 aliphatic carbocycles. The summed E-state index contributed by atoms with van der Waals surface area (Å²) in [5, 5.41) is 11.3. The summed E-state index contributed by atoms with van der Waals surface area (Å²) in [6.07, 6.45) is 3.05. The summed E-state index contributed by atoms with van der Waals surface area (Å²) >= 11 is 0. The van der Waals surface area contributed by atoms with Crippen LogP contribution in [-0.2, 0) is 0 Å². The maximum absolute atomic E-state index is 8.48. The minimum atomic E-state index is 0.296. The topological polar surface area (TPSA) is 39.1 Å². The maximum Gasteiger partial charge on any atom is 0.176 e. The highest BCUT2D eigenvalue weighted by Gasteiger charge is 2.10. The van der Waals surface area contributed by atoms with E-state index in [4.69, 9.17) is 5.26 Å². The van der Waals surface area contributed by atoms with Crippen LogP contribution in [0.3, 0.4) is 0 Å². The molecule has 0 aromatic carbocycles. The zero-order valence-electron chi connectivity index (χ0n) is 8.46. The Morgan fingerprint density at radius 1 is 1.42 bits per heavy atom. The molecule has 0 saturated carbocycles. The van der Waals surface area contributed by atoms with Crippen LogP contribution >= 0.6 is 0 Å². The van der Waals surface area contributed by atoms with Gasteiger partial charge in [-0.2, -0.15) is 5.26 Å². The first kappa shape index (κ1) is 11.2. The van der Waals surface area contributed by atoms with Crippen LogP contribution in [-0.4, -0.2) is 31.6 Å². The third-order valence-electron chi connectivity index (χ3n) is 1.61. The summed E-state index contributed by atoms with van der Waals surface area (Å²) in [7, 11) is 4.04. The lowest BCUT2D eigenvalue weighted by Gasteiger charge is -2.20. The van der Waals surface area contributed by atoms with Gasteiger partial charge in [0.25, 0.3) is 0 Å². The van der Waals surface area contributed by atoms with Gasteiger partial charge >= 0.3 is 0 Å². The molecule has 12 heavy (non-hydrogen) atoms. The molecule has 3 nitrogen and oxygen atoms in total. The van der Waals surface area contributed by atoms with E-state index in [1.165, 1.54) is 0 Å². The molecule has 1 unspecified atom stereocenters. The van der Waals surface area contributed by atoms with Crippen LogP contribution in [0.5, 0.6) is 0 Å². The van der Waals surface area contributed by atoms with Crippen LogP contribution in [0.15, 0.2) is 0 Å². The lowest BCUT2D eigenvalue weighted by atomic mass is 10.0. The lowest BCUT2D eigenvalue weighted by molar-refractivity contribution is 0.325. The molecule has 0 aliphatic heterocycles. The van der Waals surface area contributed by atoms with Crippen molar-refractivity contribution in [1.29, 1.82) is 5.26 Å². The summed E-state index contributed by atoms with van der Waals surface area (Å²) in [6.45, 7) is 5.26. The zero-order chi connectivity index (χ0) is 9.56. The monoisotopic (exact) mass is 169 g/mol. The Kier molecular flexibility index (Phi) is 5.48. The Balaban J connectivity index is 3.79. The van der Waals surface area contributed by atoms with Crippen molar-refractivity contribution in [2.75, 3.05) is 20.6 Å². The normalized spacial score (nSPS) is 13.1. The number of likely N-dealkylation sites (N-methyl/N-ethyl adjacent to an activating group) is 1. The first-order chi connectivity index (χ1) is 5.56. The van der Waals surface area contributed by atoms with E-state index in [2.05, 4.69) is 24.1 Å². The van der Waals surface area contributed by atoms with Gasteiger partial charge in [0.2, 0.25) is 0 Å². The lowest BCUT2D eigenvalue weighted by Crippen LogP contribution is -2.36. The van der Waals surface area contributed by atoms with Gasteiger partial charge in [-0.25, -0.2) is 0 Å². The minimum Gasteiger partial charge on any atom is -0.319 e. The number of nitriles is 1. The molecule has 0 aliphatic rings. The average Bonchev–Trinajstić information content (AvgIpc) is 1.84. The first-order valence-electron chi connectivity index (χ1n) is 4.35. The molecular weight excluding hydrogens is 150 g/mol. The predicted molar refractivity (Wildman–Crippen MR) is 50.5 cm³/mol. The Morgan fingerprint density at radius 2 is 2.00 bits per heavy atom. The van der Waals surface area contributed by atoms with Crippen molar-refractivity contribution in [2.45, 2.75) is 26.3 Å². The fourth-order valence-corrected chi connectivity index (χ4v) is 1.28. The van der Waals surface area contributed by atoms with Crippen molar-refractivity contribution in [3.63, 3.8) is 0 Å². The number of rotatable bonds is 5. The fraction of sp³-hybridized carbons (Fsp3) is 0.889. The largest absolute Gasteiger partial charge is 0.319 e. The van der Waals surface area contributed by atoms with E-state index in [0.717, 1.165) is 13.0 Å². The second kappa shape index (κ2) is 5.84. The molecule has 0 aromatic rings. The molecule has 0 spiro atoms. The van der Waals surface area contributed by atoms with Crippen molar-refractivity contribution in [1.82, 2.24) is 10.2 Å². The smallest absolute Gasteiger partial charge is 0.176 e. The Bertz CT molecular complexity index is 136. The molecule has 70 valence electrons. The van der Waals surface area contributed by atoms with Crippen molar-refractivity contribution >= 4 is 0 Å². The molecule has 0 saturated heterocycles. The molecule has 1 atom stereocenters. The second-order valence-electron chi connectivity index (χ2n) is 3.84. The van der Waals surface area contributed by atoms with Gasteiger partial charge in [0.15, 0.2) is 6.19 Å². The summed E-state index contributed by atoms with van der Waals surface area (Å²) < 4.78 is 0. The summed E-state index contributed by atoms with van der Waals surface area (Å²) in [5.41, 5.74) is 0. The van der Waals surface area contributed by atoms with Gasteiger partial charge in [-0.15, -0.1) is 0 Å². The van der Waals surface area contributed by atoms with Crippen molar-refractivity contribution in [3.05, 3.63) is 0 Å². The first-order valence-corrected chi connectivity index (χ1v) is 4.35. The molecule has 1 N–H and O–H groups in total. The van der Waals surface area contributed by atoms with E-state index < -0.39 is 0 Å². The second-order valence-corrected chi connectivity index (χ2v) is 3.84. The van der Waals surface area contributed by atoms with Gasteiger partial charge in [-0.05, 0) is 26.4 Å². The van der Waals surface area contributed by atoms with E-state index in [-0.39, 0.29) is 0 Å². The molecular formula is C9H19N3.